The van der Waals surface area contributed by atoms with Gasteiger partial charge in [-0.15, -0.1) is 5.10 Å². The van der Waals surface area contributed by atoms with Crippen LogP contribution in [0.3, 0.4) is 0 Å². The number of nitrogens with zero attached hydrogens (tertiary/aromatic N) is 6. The van der Waals surface area contributed by atoms with Gasteiger partial charge < -0.3 is 42.5 Å². The Morgan fingerprint density at radius 1 is 0.838 bits per heavy atom. The van der Waals surface area contributed by atoms with E-state index in [9.17, 15) is 20.4 Å². The van der Waals surface area contributed by atoms with Gasteiger partial charge in [-0.2, -0.15) is 4.99 Å². The highest BCUT2D eigenvalue weighted by Gasteiger charge is 2.19. The minimum atomic E-state index is -0.276. The molecule has 0 saturated carbocycles. The van der Waals surface area contributed by atoms with Crippen molar-refractivity contribution in [2.75, 3.05) is 34.2 Å². The molecule has 0 amide bonds. The van der Waals surface area contributed by atoms with E-state index in [-0.39, 0.29) is 53.4 Å². The lowest BCUT2D eigenvalue weighted by molar-refractivity contribution is 0.388. The maximum atomic E-state index is 9.81. The molecule has 0 fully saturated rings. The Bertz CT molecular complexity index is 1200. The van der Waals surface area contributed by atoms with Gasteiger partial charge in [-0.05, 0) is 48.2 Å². The van der Waals surface area contributed by atoms with Crippen LogP contribution in [0.15, 0.2) is 51.5 Å². The van der Waals surface area contributed by atoms with Crippen LogP contribution >= 0.6 is 0 Å². The van der Waals surface area contributed by atoms with Crippen LogP contribution in [0.25, 0.3) is 0 Å². The van der Waals surface area contributed by atoms with Crippen molar-refractivity contribution in [3.8, 4) is 23.0 Å². The van der Waals surface area contributed by atoms with Gasteiger partial charge in [-0.25, -0.2) is 5.01 Å². The number of benzene rings is 2. The van der Waals surface area contributed by atoms with Gasteiger partial charge >= 0.3 is 0 Å². The van der Waals surface area contributed by atoms with E-state index < -0.39 is 0 Å². The lowest BCUT2D eigenvalue weighted by atomic mass is 10.1. The Morgan fingerprint density at radius 3 is 1.81 bits per heavy atom. The number of hydrogen-bond donors (Lipinski definition) is 8. The van der Waals surface area contributed by atoms with E-state index in [2.05, 4.69) is 15.1 Å². The van der Waals surface area contributed by atoms with Crippen molar-refractivity contribution >= 4 is 23.8 Å². The molecule has 0 aliphatic heterocycles. The van der Waals surface area contributed by atoms with Gasteiger partial charge in [0.1, 0.15) is 0 Å². The number of aromatic hydroxyl groups is 4. The second-order valence-corrected chi connectivity index (χ2v) is 8.09. The normalized spacial score (nSPS) is 12.4. The monoisotopic (exact) mass is 514 g/mol. The molecule has 0 heterocycles. The van der Waals surface area contributed by atoms with Gasteiger partial charge in [0.05, 0.1) is 0 Å². The number of rotatable bonds is 7. The highest BCUT2D eigenvalue weighted by molar-refractivity contribution is 5.97. The molecule has 0 spiro atoms. The quantitative estimate of drug-likeness (QED) is 0.106. The van der Waals surface area contributed by atoms with Crippen LogP contribution in [0.1, 0.15) is 11.1 Å². The largest absolute Gasteiger partial charge is 0.504 e. The number of likely N-dealkylation sites (N-methyl/N-ethyl adjacent to an activating group) is 1. The maximum Gasteiger partial charge on any atom is 0.225 e. The Morgan fingerprint density at radius 2 is 1.35 bits per heavy atom. The third kappa shape index (κ3) is 8.09. The van der Waals surface area contributed by atoms with E-state index in [1.54, 1.807) is 31.1 Å². The molecule has 14 nitrogen and oxygen atoms in total. The predicted octanol–water partition coefficient (Wildman–Crippen LogP) is -0.117. The number of aliphatic imine (C=N–C) groups is 2. The van der Waals surface area contributed by atoms with Crippen LogP contribution in [-0.4, -0.2) is 93.3 Å². The first-order valence-electron chi connectivity index (χ1n) is 11.2. The molecule has 0 unspecified atom stereocenters. The summed E-state index contributed by atoms with van der Waals surface area (Å²) in [5, 5.41) is 52.6. The zero-order valence-electron chi connectivity index (χ0n) is 21.0. The minimum absolute atomic E-state index is 0.0676. The third-order valence-corrected chi connectivity index (χ3v) is 5.36. The molecule has 0 aromatic heterocycles. The first-order valence-corrected chi connectivity index (χ1v) is 11.2. The second kappa shape index (κ2) is 12.7. The number of hydrogen-bond acceptors (Lipinski definition) is 7. The lowest BCUT2D eigenvalue weighted by Crippen LogP contribution is -2.49. The van der Waals surface area contributed by atoms with Gasteiger partial charge in [0, 0.05) is 34.2 Å². The van der Waals surface area contributed by atoms with Gasteiger partial charge in [0.2, 0.25) is 17.9 Å². The number of guanidine groups is 4. The second-order valence-electron chi connectivity index (χ2n) is 8.09. The zero-order valence-corrected chi connectivity index (χ0v) is 21.0. The fourth-order valence-corrected chi connectivity index (χ4v) is 3.14. The van der Waals surface area contributed by atoms with Crippen LogP contribution in [0.5, 0.6) is 23.0 Å². The van der Waals surface area contributed by atoms with E-state index in [1.165, 1.54) is 41.2 Å². The molecule has 2 aromatic carbocycles. The molecule has 0 aliphatic carbocycles. The SMILES string of the molecule is CN=C(N)N=C(N)N(CCc1ccc(O)c(O)c1)N=C(N(C)CCc1ccc(O)c(O)c1)N(C)C(=N)N. The summed E-state index contributed by atoms with van der Waals surface area (Å²) in [4.78, 5) is 10.9. The fourth-order valence-electron chi connectivity index (χ4n) is 3.14. The average molecular weight is 515 g/mol. The number of phenolic OH excluding ortho intramolecular Hbond substituents is 4. The third-order valence-electron chi connectivity index (χ3n) is 5.36. The van der Waals surface area contributed by atoms with Crippen molar-refractivity contribution in [2.24, 2.45) is 32.3 Å². The van der Waals surface area contributed by atoms with Gasteiger partial charge in [-0.3, -0.25) is 15.3 Å². The van der Waals surface area contributed by atoms with Crippen molar-refractivity contribution in [3.63, 3.8) is 0 Å². The van der Waals surface area contributed by atoms with Crippen LogP contribution in [0.4, 0.5) is 0 Å². The van der Waals surface area contributed by atoms with E-state index in [4.69, 9.17) is 22.6 Å². The predicted molar refractivity (Wildman–Crippen MR) is 143 cm³/mol. The summed E-state index contributed by atoms with van der Waals surface area (Å²) in [6, 6.07) is 9.00. The van der Waals surface area contributed by atoms with Gasteiger partial charge in [0.25, 0.3) is 0 Å². The Labute approximate surface area is 214 Å². The smallest absolute Gasteiger partial charge is 0.225 e. The lowest BCUT2D eigenvalue weighted by Gasteiger charge is -2.30. The molecule has 0 radical (unpaired) electrons. The van der Waals surface area contributed by atoms with Gasteiger partial charge in [-0.1, -0.05) is 12.1 Å². The van der Waals surface area contributed by atoms with Crippen LogP contribution in [0, 0.1) is 5.41 Å². The summed E-state index contributed by atoms with van der Waals surface area (Å²) in [5.41, 5.74) is 19.1. The first-order chi connectivity index (χ1) is 17.4. The van der Waals surface area contributed by atoms with Crippen LogP contribution in [0.2, 0.25) is 0 Å². The van der Waals surface area contributed by atoms with Crippen molar-refractivity contribution in [3.05, 3.63) is 47.5 Å². The minimum Gasteiger partial charge on any atom is -0.504 e. The average Bonchev–Trinajstić information content (AvgIpc) is 2.86. The van der Waals surface area contributed by atoms with Crippen molar-refractivity contribution in [1.82, 2.24) is 14.8 Å². The molecule has 2 rings (SSSR count). The fraction of sp³-hybridized carbons (Fsp3) is 0.304. The summed E-state index contributed by atoms with van der Waals surface area (Å²) < 4.78 is 0. The topological polar surface area (TPSA) is 230 Å². The van der Waals surface area contributed by atoms with E-state index in [1.807, 2.05) is 0 Å². The molecule has 200 valence electrons. The standard InChI is InChI=1S/C23H34N10O4/c1-28-21(26)29-22(27)33(11-9-15-5-7-17(35)19(37)13-15)30-23(32(3)20(24)25)31(2)10-8-14-4-6-16(34)18(36)12-14/h4-7,12-13,34-37H,8-11H2,1-3H3,(H3,24,25)(H4,26,27,28,29). The molecule has 0 atom stereocenters. The summed E-state index contributed by atoms with van der Waals surface area (Å²) in [6.45, 7) is 0.585. The summed E-state index contributed by atoms with van der Waals surface area (Å²) in [7, 11) is 4.77. The van der Waals surface area contributed by atoms with Crippen molar-refractivity contribution in [2.45, 2.75) is 12.8 Å². The summed E-state index contributed by atoms with van der Waals surface area (Å²) in [6.07, 6.45) is 0.825. The Balaban J connectivity index is 2.38. The number of phenols is 4. The molecule has 14 heteroatoms. The van der Waals surface area contributed by atoms with E-state index in [0.717, 1.165) is 5.56 Å². The molecule has 37 heavy (non-hydrogen) atoms. The Kier molecular flexibility index (Phi) is 9.75. The zero-order chi connectivity index (χ0) is 27.7. The summed E-state index contributed by atoms with van der Waals surface area (Å²) >= 11 is 0. The van der Waals surface area contributed by atoms with Crippen LogP contribution < -0.4 is 17.2 Å². The molecular formula is C23H34N10O4. The number of nitrogens with two attached hydrogens (primary N) is 3. The highest BCUT2D eigenvalue weighted by Crippen LogP contribution is 2.26. The van der Waals surface area contributed by atoms with Crippen molar-refractivity contribution in [1.29, 1.82) is 5.41 Å². The van der Waals surface area contributed by atoms with Crippen molar-refractivity contribution < 1.29 is 20.4 Å². The van der Waals surface area contributed by atoms with E-state index in [0.29, 0.717) is 24.9 Å². The highest BCUT2D eigenvalue weighted by atomic mass is 16.3. The molecule has 0 aliphatic rings. The van der Waals surface area contributed by atoms with Gasteiger partial charge in [0.15, 0.2) is 29.0 Å². The molecule has 2 aromatic rings. The maximum absolute atomic E-state index is 9.81. The number of hydrazone groups is 1. The Hall–Kier alpha value is -4.88. The van der Waals surface area contributed by atoms with E-state index >= 15 is 0 Å². The molecule has 0 saturated heterocycles. The van der Waals surface area contributed by atoms with Crippen LogP contribution in [-0.2, 0) is 12.8 Å². The number of nitrogens with one attached hydrogen (secondary N) is 1. The molecule has 0 bridgehead atoms. The first kappa shape index (κ1) is 28.4. The summed E-state index contributed by atoms with van der Waals surface area (Å²) in [5.74, 6) is -1.08. The molecule has 11 N–H and O–H groups in total. The molecular weight excluding hydrogens is 480 g/mol.